The fraction of sp³-hybridized carbons (Fsp3) is 0.500. The summed E-state index contributed by atoms with van der Waals surface area (Å²) in [4.78, 5) is 25.9. The maximum atomic E-state index is 11.2. The SMILES string of the molecule is CCC1CN(c2ccc(C(=O)O)cc2[N+](=O)[O-])CCN1C. The lowest BCUT2D eigenvalue weighted by atomic mass is 10.1. The highest BCUT2D eigenvalue weighted by Crippen LogP contribution is 2.31. The van der Waals surface area contributed by atoms with Crippen LogP contribution in [0.1, 0.15) is 23.7 Å². The third kappa shape index (κ3) is 3.13. The van der Waals surface area contributed by atoms with Crippen LogP contribution in [-0.2, 0) is 0 Å². The van der Waals surface area contributed by atoms with Crippen LogP contribution in [0.5, 0.6) is 0 Å². The second-order valence-electron chi connectivity index (χ2n) is 5.25. The number of nitro groups is 1. The number of hydrogen-bond donors (Lipinski definition) is 1. The summed E-state index contributed by atoms with van der Waals surface area (Å²) in [6.45, 7) is 4.32. The Bertz CT molecular complexity index is 561. The predicted molar refractivity (Wildman–Crippen MR) is 79.0 cm³/mol. The molecule has 1 unspecified atom stereocenters. The van der Waals surface area contributed by atoms with Gasteiger partial charge >= 0.3 is 5.97 Å². The Kier molecular flexibility index (Phi) is 4.42. The molecule has 0 aliphatic carbocycles. The molecule has 1 aromatic rings. The van der Waals surface area contributed by atoms with Crippen LogP contribution >= 0.6 is 0 Å². The molecule has 1 saturated heterocycles. The maximum absolute atomic E-state index is 11.2. The second-order valence-corrected chi connectivity index (χ2v) is 5.25. The van der Waals surface area contributed by atoms with Crippen molar-refractivity contribution in [3.8, 4) is 0 Å². The summed E-state index contributed by atoms with van der Waals surface area (Å²) in [7, 11) is 2.05. The third-order valence-electron chi connectivity index (χ3n) is 4.01. The molecule has 0 saturated carbocycles. The summed E-state index contributed by atoms with van der Waals surface area (Å²) in [5.74, 6) is -1.16. The van der Waals surface area contributed by atoms with E-state index in [4.69, 9.17) is 5.11 Å². The number of carboxylic acids is 1. The zero-order valence-electron chi connectivity index (χ0n) is 12.2. The van der Waals surface area contributed by atoms with E-state index in [0.29, 0.717) is 24.8 Å². The number of rotatable bonds is 4. The van der Waals surface area contributed by atoms with Crippen molar-refractivity contribution in [2.24, 2.45) is 0 Å². The van der Waals surface area contributed by atoms with Gasteiger partial charge in [-0.1, -0.05) is 6.92 Å². The van der Waals surface area contributed by atoms with Crippen LogP contribution in [0, 0.1) is 10.1 Å². The molecule has 0 radical (unpaired) electrons. The van der Waals surface area contributed by atoms with E-state index in [1.807, 2.05) is 11.9 Å². The number of hydrogen-bond acceptors (Lipinski definition) is 5. The molecule has 1 fully saturated rings. The molecule has 114 valence electrons. The highest BCUT2D eigenvalue weighted by molar-refractivity contribution is 5.89. The van der Waals surface area contributed by atoms with E-state index < -0.39 is 10.9 Å². The van der Waals surface area contributed by atoms with Crippen molar-refractivity contribution in [1.29, 1.82) is 0 Å². The molecule has 1 aliphatic heterocycles. The van der Waals surface area contributed by atoms with Gasteiger partial charge in [-0.3, -0.25) is 15.0 Å². The minimum Gasteiger partial charge on any atom is -0.478 e. The predicted octanol–water partition coefficient (Wildman–Crippen LogP) is 1.82. The van der Waals surface area contributed by atoms with Crippen LogP contribution in [-0.4, -0.2) is 53.6 Å². The largest absolute Gasteiger partial charge is 0.478 e. The van der Waals surface area contributed by atoms with Gasteiger partial charge in [0.25, 0.3) is 5.69 Å². The minimum atomic E-state index is -1.16. The van der Waals surface area contributed by atoms with Crippen LogP contribution in [0.25, 0.3) is 0 Å². The standard InChI is InChI=1S/C14H19N3O4/c1-3-11-9-16(7-6-15(11)2)12-5-4-10(14(18)19)8-13(12)17(20)21/h4-5,8,11H,3,6-7,9H2,1-2H3,(H,18,19). The molecule has 1 aliphatic rings. The molecule has 1 N–H and O–H groups in total. The molecular weight excluding hydrogens is 274 g/mol. The fourth-order valence-corrected chi connectivity index (χ4v) is 2.68. The second kappa shape index (κ2) is 6.09. The van der Waals surface area contributed by atoms with Gasteiger partial charge in [-0.2, -0.15) is 0 Å². The Morgan fingerprint density at radius 2 is 2.19 bits per heavy atom. The summed E-state index contributed by atoms with van der Waals surface area (Å²) in [5.41, 5.74) is 0.289. The molecule has 0 amide bonds. The van der Waals surface area contributed by atoms with E-state index in [1.165, 1.54) is 6.07 Å². The molecular formula is C14H19N3O4. The summed E-state index contributed by atoms with van der Waals surface area (Å²) >= 11 is 0. The molecule has 0 spiro atoms. The van der Waals surface area contributed by atoms with Gasteiger partial charge in [-0.15, -0.1) is 0 Å². The molecule has 0 bridgehead atoms. The van der Waals surface area contributed by atoms with Gasteiger partial charge in [0.2, 0.25) is 0 Å². The smallest absolute Gasteiger partial charge is 0.335 e. The number of nitro benzene ring substituents is 1. The number of piperazine rings is 1. The average molecular weight is 293 g/mol. The number of anilines is 1. The highest BCUT2D eigenvalue weighted by atomic mass is 16.6. The number of benzene rings is 1. The van der Waals surface area contributed by atoms with E-state index in [9.17, 15) is 14.9 Å². The molecule has 1 atom stereocenters. The van der Waals surface area contributed by atoms with Gasteiger partial charge in [-0.05, 0) is 25.6 Å². The van der Waals surface area contributed by atoms with Gasteiger partial charge in [0.05, 0.1) is 10.5 Å². The lowest BCUT2D eigenvalue weighted by Crippen LogP contribution is -2.51. The summed E-state index contributed by atoms with van der Waals surface area (Å²) < 4.78 is 0. The first-order chi connectivity index (χ1) is 9.93. The van der Waals surface area contributed by atoms with Crippen molar-refractivity contribution in [3.63, 3.8) is 0 Å². The van der Waals surface area contributed by atoms with Crippen molar-refractivity contribution in [2.75, 3.05) is 31.6 Å². The summed E-state index contributed by atoms with van der Waals surface area (Å²) in [6, 6.07) is 4.44. The number of carboxylic acid groups (broad SMARTS) is 1. The molecule has 1 aromatic carbocycles. The number of aromatic carboxylic acids is 1. The van der Waals surface area contributed by atoms with Gasteiger partial charge in [0.15, 0.2) is 0 Å². The molecule has 2 rings (SSSR count). The minimum absolute atomic E-state index is 0.0633. The van der Waals surface area contributed by atoms with Crippen LogP contribution < -0.4 is 4.90 Å². The quantitative estimate of drug-likeness (QED) is 0.673. The summed E-state index contributed by atoms with van der Waals surface area (Å²) in [5, 5.41) is 20.2. The average Bonchev–Trinajstić information content (AvgIpc) is 2.47. The van der Waals surface area contributed by atoms with Gasteiger partial charge in [0.1, 0.15) is 5.69 Å². The van der Waals surface area contributed by atoms with Crippen molar-refractivity contribution in [1.82, 2.24) is 4.90 Å². The Balaban J connectivity index is 2.35. The fourth-order valence-electron chi connectivity index (χ4n) is 2.68. The van der Waals surface area contributed by atoms with E-state index in [0.717, 1.165) is 19.0 Å². The third-order valence-corrected chi connectivity index (χ3v) is 4.01. The zero-order valence-corrected chi connectivity index (χ0v) is 12.2. The van der Waals surface area contributed by atoms with Crippen LogP contribution in [0.15, 0.2) is 18.2 Å². The molecule has 7 nitrogen and oxygen atoms in total. The van der Waals surface area contributed by atoms with Crippen LogP contribution in [0.2, 0.25) is 0 Å². The van der Waals surface area contributed by atoms with E-state index in [1.54, 1.807) is 6.07 Å². The number of nitrogens with zero attached hydrogens (tertiary/aromatic N) is 3. The van der Waals surface area contributed by atoms with Crippen LogP contribution in [0.4, 0.5) is 11.4 Å². The zero-order chi connectivity index (χ0) is 15.6. The number of carbonyl (C=O) groups is 1. The van der Waals surface area contributed by atoms with Gasteiger partial charge in [-0.25, -0.2) is 4.79 Å². The van der Waals surface area contributed by atoms with E-state index in [2.05, 4.69) is 11.8 Å². The van der Waals surface area contributed by atoms with Crippen molar-refractivity contribution < 1.29 is 14.8 Å². The lowest BCUT2D eigenvalue weighted by molar-refractivity contribution is -0.384. The van der Waals surface area contributed by atoms with Crippen molar-refractivity contribution in [2.45, 2.75) is 19.4 Å². The lowest BCUT2D eigenvalue weighted by Gasteiger charge is -2.40. The highest BCUT2D eigenvalue weighted by Gasteiger charge is 2.28. The van der Waals surface area contributed by atoms with Crippen molar-refractivity contribution in [3.05, 3.63) is 33.9 Å². The van der Waals surface area contributed by atoms with E-state index in [-0.39, 0.29) is 11.3 Å². The Morgan fingerprint density at radius 3 is 2.76 bits per heavy atom. The molecule has 21 heavy (non-hydrogen) atoms. The Hall–Kier alpha value is -2.15. The van der Waals surface area contributed by atoms with Gasteiger partial charge < -0.3 is 10.0 Å². The van der Waals surface area contributed by atoms with Crippen LogP contribution in [0.3, 0.4) is 0 Å². The van der Waals surface area contributed by atoms with Crippen molar-refractivity contribution >= 4 is 17.3 Å². The molecule has 7 heteroatoms. The normalized spacial score (nSPS) is 19.5. The van der Waals surface area contributed by atoms with Gasteiger partial charge in [0, 0.05) is 31.7 Å². The van der Waals surface area contributed by atoms with E-state index >= 15 is 0 Å². The monoisotopic (exact) mass is 293 g/mol. The molecule has 0 aromatic heterocycles. The Labute approximate surface area is 122 Å². The summed E-state index contributed by atoms with van der Waals surface area (Å²) in [6.07, 6.45) is 0.966. The first kappa shape index (κ1) is 15.2. The first-order valence-electron chi connectivity index (χ1n) is 6.91. The molecule has 1 heterocycles. The maximum Gasteiger partial charge on any atom is 0.335 e. The first-order valence-corrected chi connectivity index (χ1v) is 6.91. The number of likely N-dealkylation sites (N-methyl/N-ethyl adjacent to an activating group) is 1. The topological polar surface area (TPSA) is 86.9 Å². The Morgan fingerprint density at radius 1 is 1.48 bits per heavy atom.